The Labute approximate surface area is 61.4 Å². The van der Waals surface area contributed by atoms with Crippen LogP contribution in [0.3, 0.4) is 0 Å². The molecule has 24 valence electrons. The van der Waals surface area contributed by atoms with Gasteiger partial charge in [0.15, 0.2) is 0 Å². The normalized spacial score (nSPS) is 4.50. The van der Waals surface area contributed by atoms with Crippen LogP contribution in [0.1, 0.15) is 6.42 Å². The van der Waals surface area contributed by atoms with E-state index >= 15 is 0 Å². The first kappa shape index (κ1) is 9.03. The third-order valence-corrected chi connectivity index (χ3v) is 0. The minimum absolute atomic E-state index is 0. The van der Waals surface area contributed by atoms with Crippen LogP contribution >= 0.6 is 0 Å². The Bertz CT molecular complexity index is 3.25. The van der Waals surface area contributed by atoms with Crippen molar-refractivity contribution in [2.45, 2.75) is 6.42 Å². The van der Waals surface area contributed by atoms with Gasteiger partial charge in [-0.25, -0.2) is 0 Å². The van der Waals surface area contributed by atoms with E-state index in [0.717, 1.165) is 6.42 Å². The summed E-state index contributed by atoms with van der Waals surface area (Å²) in [5.74, 6) is 0. The quantitative estimate of drug-likeness (QED) is 0.491. The number of rotatable bonds is 0. The second-order valence-corrected chi connectivity index (χ2v) is 0.354. The summed E-state index contributed by atoms with van der Waals surface area (Å²) in [6.07, 6.45) is 0.750. The minimum atomic E-state index is 0. The van der Waals surface area contributed by atoms with Crippen LogP contribution < -0.4 is 0 Å². The Balaban J connectivity index is 0. The molecule has 0 radical (unpaired) electrons. The summed E-state index contributed by atoms with van der Waals surface area (Å²) >= 11 is 0. The SMILES string of the molecule is [CH2-]C[CH2-].[Ce]. The van der Waals surface area contributed by atoms with Crippen LogP contribution in [-0.2, 0) is 0 Å². The second kappa shape index (κ2) is 8.83. The van der Waals surface area contributed by atoms with Gasteiger partial charge >= 0.3 is 0 Å². The van der Waals surface area contributed by atoms with E-state index in [4.69, 9.17) is 0 Å². The van der Waals surface area contributed by atoms with E-state index in [-0.39, 0.29) is 41.7 Å². The molecule has 0 rings (SSSR count). The van der Waals surface area contributed by atoms with Crippen molar-refractivity contribution in [3.05, 3.63) is 13.8 Å². The smallest absolute Gasteiger partial charge is 0 e. The van der Waals surface area contributed by atoms with Gasteiger partial charge in [-0.05, 0) is 0 Å². The molecular weight excluding hydrogens is 176 g/mol. The first-order chi connectivity index (χ1) is 1.41. The Morgan fingerprint density at radius 3 is 1.25 bits per heavy atom. The van der Waals surface area contributed by atoms with Gasteiger partial charge < -0.3 is 20.3 Å². The fourth-order valence-electron chi connectivity index (χ4n) is 0. The molecule has 0 fully saturated rings. The fraction of sp³-hybridized carbons (Fsp3) is 0.333. The van der Waals surface area contributed by atoms with Gasteiger partial charge in [0.05, 0.1) is 0 Å². The topological polar surface area (TPSA) is 0 Å². The van der Waals surface area contributed by atoms with Crippen molar-refractivity contribution in [3.63, 3.8) is 0 Å². The molecule has 0 aliphatic heterocycles. The molecule has 1 heteroatoms. The molecule has 0 N–H and O–H groups in total. The van der Waals surface area contributed by atoms with Crippen molar-refractivity contribution in [1.29, 1.82) is 0 Å². The molecule has 0 saturated carbocycles. The van der Waals surface area contributed by atoms with Gasteiger partial charge in [-0.15, -0.1) is 0 Å². The predicted octanol–water partition coefficient (Wildman–Crippen LogP) is 1.04. The van der Waals surface area contributed by atoms with E-state index < -0.39 is 0 Å². The van der Waals surface area contributed by atoms with Crippen LogP contribution in [0, 0.1) is 55.6 Å². The van der Waals surface area contributed by atoms with Gasteiger partial charge in [-0.3, -0.25) is 0 Å². The zero-order valence-corrected chi connectivity index (χ0v) is 5.76. The standard InChI is InChI=1S/C3H6.Ce/c1-3-2;/h1-3H2;/q-2;. The summed E-state index contributed by atoms with van der Waals surface area (Å²) in [6.45, 7) is 6.75. The van der Waals surface area contributed by atoms with E-state index in [9.17, 15) is 0 Å². The van der Waals surface area contributed by atoms with E-state index in [0.29, 0.717) is 0 Å². The molecule has 4 heavy (non-hydrogen) atoms. The van der Waals surface area contributed by atoms with Crippen LogP contribution in [0.15, 0.2) is 0 Å². The van der Waals surface area contributed by atoms with Crippen molar-refractivity contribution >= 4 is 0 Å². The summed E-state index contributed by atoms with van der Waals surface area (Å²) in [5.41, 5.74) is 0. The molecule has 0 spiro atoms. The zero-order valence-electron chi connectivity index (χ0n) is 2.62. The summed E-state index contributed by atoms with van der Waals surface area (Å²) in [4.78, 5) is 0. The maximum absolute atomic E-state index is 3.38. The Morgan fingerprint density at radius 2 is 1.25 bits per heavy atom. The average molecular weight is 182 g/mol. The van der Waals surface area contributed by atoms with E-state index in [1.165, 1.54) is 0 Å². The average Bonchev–Trinajstić information content (AvgIpc) is 0.918. The molecule has 0 atom stereocenters. The van der Waals surface area contributed by atoms with Crippen molar-refractivity contribution in [1.82, 2.24) is 0 Å². The van der Waals surface area contributed by atoms with Gasteiger partial charge in [0.25, 0.3) is 0 Å². The van der Waals surface area contributed by atoms with Crippen molar-refractivity contribution < 1.29 is 41.7 Å². The van der Waals surface area contributed by atoms with Gasteiger partial charge in [-0.2, -0.15) is 0 Å². The molecule has 0 nitrogen and oxygen atoms in total. The molecule has 0 aromatic rings. The molecule has 0 aromatic carbocycles. The zero-order chi connectivity index (χ0) is 2.71. The molecular formula is C3H6Ce-2. The Morgan fingerprint density at radius 1 is 1.25 bits per heavy atom. The van der Waals surface area contributed by atoms with E-state index in [2.05, 4.69) is 13.8 Å². The largest absolute Gasteiger partial charge is 0.372 e. The Hall–Kier alpha value is 1.38. The van der Waals surface area contributed by atoms with Crippen molar-refractivity contribution in [2.24, 2.45) is 0 Å². The summed E-state index contributed by atoms with van der Waals surface area (Å²) in [6, 6.07) is 0. The minimum Gasteiger partial charge on any atom is -0.372 e. The molecule has 0 amide bonds. The summed E-state index contributed by atoms with van der Waals surface area (Å²) in [7, 11) is 0. The van der Waals surface area contributed by atoms with Crippen molar-refractivity contribution in [2.75, 3.05) is 0 Å². The van der Waals surface area contributed by atoms with Crippen LogP contribution in [0.25, 0.3) is 0 Å². The van der Waals surface area contributed by atoms with Crippen LogP contribution in [0.5, 0.6) is 0 Å². The third-order valence-electron chi connectivity index (χ3n) is 0. The molecule has 0 heterocycles. The van der Waals surface area contributed by atoms with Gasteiger partial charge in [0.1, 0.15) is 0 Å². The molecule has 0 aliphatic carbocycles. The molecule has 0 aliphatic rings. The van der Waals surface area contributed by atoms with Crippen LogP contribution in [0.2, 0.25) is 0 Å². The van der Waals surface area contributed by atoms with Gasteiger partial charge in [0, 0.05) is 41.7 Å². The molecule has 0 saturated heterocycles. The van der Waals surface area contributed by atoms with E-state index in [1.54, 1.807) is 0 Å². The third kappa shape index (κ3) is 10.1. The second-order valence-electron chi connectivity index (χ2n) is 0.354. The number of hydrogen-bond acceptors (Lipinski definition) is 0. The van der Waals surface area contributed by atoms with Crippen LogP contribution in [-0.4, -0.2) is 0 Å². The first-order valence-corrected chi connectivity index (χ1v) is 1.000. The molecule has 0 unspecified atom stereocenters. The first-order valence-electron chi connectivity index (χ1n) is 1.000. The van der Waals surface area contributed by atoms with E-state index in [1.807, 2.05) is 0 Å². The molecule has 0 aromatic heterocycles. The summed E-state index contributed by atoms with van der Waals surface area (Å²) < 4.78 is 0. The predicted molar refractivity (Wildman–Crippen MR) is 15.3 cm³/mol. The summed E-state index contributed by atoms with van der Waals surface area (Å²) in [5, 5.41) is 0. The maximum Gasteiger partial charge on any atom is 0 e. The Kier molecular flexibility index (Phi) is 20.0. The van der Waals surface area contributed by atoms with Gasteiger partial charge in [-0.1, -0.05) is 0 Å². The number of hydrogen-bond donors (Lipinski definition) is 0. The fourth-order valence-corrected chi connectivity index (χ4v) is 0. The van der Waals surface area contributed by atoms with Gasteiger partial charge in [0.2, 0.25) is 0 Å². The van der Waals surface area contributed by atoms with Crippen molar-refractivity contribution in [3.8, 4) is 0 Å². The maximum atomic E-state index is 3.38. The molecule has 0 bridgehead atoms. The van der Waals surface area contributed by atoms with Crippen LogP contribution in [0.4, 0.5) is 0 Å². The monoisotopic (exact) mass is 182 g/mol.